The number of aromatic nitrogens is 2. The molecule has 2 bridgehead atoms. The van der Waals surface area contributed by atoms with E-state index in [0.717, 1.165) is 44.0 Å². The fourth-order valence-electron chi connectivity index (χ4n) is 6.85. The molecule has 1 saturated heterocycles. The number of fused-ring (bicyclic) bond motifs is 3. The van der Waals surface area contributed by atoms with Crippen LogP contribution in [0.3, 0.4) is 0 Å². The average molecular weight is 538 g/mol. The first kappa shape index (κ1) is 24.4. The van der Waals surface area contributed by atoms with E-state index in [1.165, 1.54) is 33.4 Å². The van der Waals surface area contributed by atoms with Crippen LogP contribution in [0.5, 0.6) is 11.5 Å². The molecule has 0 amide bonds. The predicted octanol–water partition coefficient (Wildman–Crippen LogP) is 8.95. The number of para-hydroxylation sites is 1. The molecule has 6 aromatic rings. The zero-order chi connectivity index (χ0) is 28.0. The van der Waals surface area contributed by atoms with Crippen molar-refractivity contribution in [2.75, 3.05) is 13.7 Å². The van der Waals surface area contributed by atoms with Crippen molar-refractivity contribution in [2.24, 2.45) is 0 Å². The van der Waals surface area contributed by atoms with Gasteiger partial charge >= 0.3 is 0 Å². The van der Waals surface area contributed by atoms with Crippen LogP contribution in [0.4, 0.5) is 17.1 Å². The summed E-state index contributed by atoms with van der Waals surface area (Å²) in [6.07, 6.45) is 1.84. The van der Waals surface area contributed by atoms with Crippen LogP contribution < -0.4 is 13.7 Å². The number of quaternary nitrogens is 2. The van der Waals surface area contributed by atoms with Crippen molar-refractivity contribution in [3.05, 3.63) is 122 Å². The van der Waals surface area contributed by atoms with Gasteiger partial charge in [0.25, 0.3) is 0 Å². The Morgan fingerprint density at radius 2 is 1.54 bits per heavy atom. The monoisotopic (exact) mass is 537 g/mol. The summed E-state index contributed by atoms with van der Waals surface area (Å²) < 4.78 is 10.4. The largest absolute Gasteiger partial charge is 0.457 e. The van der Waals surface area contributed by atoms with E-state index >= 15 is 0 Å². The normalized spacial score (nSPS) is 21.2. The number of benzene rings is 4. The lowest BCUT2D eigenvalue weighted by atomic mass is 9.86. The lowest BCUT2D eigenvalue weighted by molar-refractivity contribution is 0.157. The molecule has 0 radical (unpaired) electrons. The first-order chi connectivity index (χ1) is 19.8. The first-order valence-corrected chi connectivity index (χ1v) is 14.2. The molecule has 3 aliphatic rings. The molecule has 41 heavy (non-hydrogen) atoms. The van der Waals surface area contributed by atoms with Crippen molar-refractivity contribution >= 4 is 38.9 Å². The molecule has 0 spiro atoms. The van der Waals surface area contributed by atoms with Gasteiger partial charge in [0, 0.05) is 41.2 Å². The molecule has 5 heterocycles. The molecule has 0 N–H and O–H groups in total. The maximum absolute atomic E-state index is 6.55. The van der Waals surface area contributed by atoms with Crippen molar-refractivity contribution in [1.82, 2.24) is 18.5 Å². The Morgan fingerprint density at radius 3 is 2.34 bits per heavy atom. The third kappa shape index (κ3) is 3.52. The summed E-state index contributed by atoms with van der Waals surface area (Å²) in [5.74, 6) is 2.54. The van der Waals surface area contributed by atoms with Crippen LogP contribution >= 0.6 is 0 Å². The summed E-state index contributed by atoms with van der Waals surface area (Å²) in [6.45, 7) is 10.3. The molecule has 2 aromatic heterocycles. The van der Waals surface area contributed by atoms with Gasteiger partial charge in [0.15, 0.2) is 18.0 Å². The van der Waals surface area contributed by atoms with Gasteiger partial charge in [0.05, 0.1) is 24.7 Å². The lowest BCUT2D eigenvalue weighted by Crippen LogP contribution is -2.68. The Morgan fingerprint density at radius 1 is 0.756 bits per heavy atom. The van der Waals surface area contributed by atoms with Gasteiger partial charge in [-0.15, -0.1) is 0 Å². The molecular formula is C36H33N4O+. The number of ether oxygens (including phenoxy) is 1. The Hall–Kier alpha value is -4.45. The highest BCUT2D eigenvalue weighted by Crippen LogP contribution is 2.61. The molecule has 9 rings (SSSR count). The summed E-state index contributed by atoms with van der Waals surface area (Å²) in [5.41, 5.74) is 7.70. The highest BCUT2D eigenvalue weighted by Gasteiger charge is 2.59. The van der Waals surface area contributed by atoms with Crippen LogP contribution in [0.1, 0.15) is 26.3 Å². The van der Waals surface area contributed by atoms with Crippen LogP contribution in [-0.2, 0) is 5.41 Å². The minimum atomic E-state index is 0.125. The lowest BCUT2D eigenvalue weighted by Gasteiger charge is -2.54. The third-order valence-electron chi connectivity index (χ3n) is 8.83. The zero-order valence-corrected chi connectivity index (χ0v) is 23.9. The Kier molecular flexibility index (Phi) is 4.92. The second-order valence-corrected chi connectivity index (χ2v) is 12.7. The highest BCUT2D eigenvalue weighted by molar-refractivity contribution is 6.09. The summed E-state index contributed by atoms with van der Waals surface area (Å²) in [6, 6.07) is 36.5. The zero-order valence-electron chi connectivity index (χ0n) is 23.9. The van der Waals surface area contributed by atoms with E-state index in [4.69, 9.17) is 4.74 Å². The van der Waals surface area contributed by atoms with Crippen LogP contribution in [0, 0.1) is 6.67 Å². The van der Waals surface area contributed by atoms with Gasteiger partial charge in [-0.05, 0) is 53.4 Å². The molecule has 0 unspecified atom stereocenters. The van der Waals surface area contributed by atoms with Crippen molar-refractivity contribution in [3.63, 3.8) is 0 Å². The third-order valence-corrected chi connectivity index (χ3v) is 8.83. The van der Waals surface area contributed by atoms with E-state index in [1.807, 2.05) is 30.5 Å². The van der Waals surface area contributed by atoms with Gasteiger partial charge in [-0.2, -0.15) is 0 Å². The molecular weight excluding hydrogens is 504 g/mol. The number of hydrogen-bond acceptors (Lipinski definition) is 2. The standard InChI is InChI=1S/C36H33N4O/c1-36(2,3)25-15-18-33-34(20-25)39(4)23-40(33,24-39)26-10-9-11-27(21-26)41-28-16-17-30-29-12-5-6-13-31(29)38(32(30)22-28)35-14-7-8-19-37-35/h5-23H,24H2,1-4H3/q+1/t39-,40+/m0/s1. The summed E-state index contributed by atoms with van der Waals surface area (Å²) >= 11 is 0. The minimum Gasteiger partial charge on any atom is -0.457 e. The second-order valence-electron chi connectivity index (χ2n) is 12.7. The molecule has 1 fully saturated rings. The van der Waals surface area contributed by atoms with E-state index in [0.29, 0.717) is 0 Å². The maximum Gasteiger partial charge on any atom is 0.181 e. The fourth-order valence-corrected chi connectivity index (χ4v) is 6.85. The van der Waals surface area contributed by atoms with Gasteiger partial charge < -0.3 is 9.22 Å². The summed E-state index contributed by atoms with van der Waals surface area (Å²) in [7, 11) is 2.31. The highest BCUT2D eigenvalue weighted by atomic mass is 16.5. The van der Waals surface area contributed by atoms with Crippen LogP contribution in [0.2, 0.25) is 0 Å². The van der Waals surface area contributed by atoms with Crippen molar-refractivity contribution in [2.45, 2.75) is 26.2 Å². The topological polar surface area (TPSA) is 27.1 Å². The quantitative estimate of drug-likeness (QED) is 0.166. The van der Waals surface area contributed by atoms with Crippen molar-refractivity contribution in [3.8, 4) is 17.3 Å². The molecule has 4 aromatic carbocycles. The Balaban J connectivity index is 1.18. The van der Waals surface area contributed by atoms with E-state index in [9.17, 15) is 0 Å². The Bertz CT molecular complexity index is 1980. The number of hydrogen-bond donors (Lipinski definition) is 0. The van der Waals surface area contributed by atoms with Gasteiger partial charge in [0.1, 0.15) is 23.0 Å². The number of pyridine rings is 1. The predicted molar refractivity (Wildman–Crippen MR) is 169 cm³/mol. The molecule has 202 valence electrons. The van der Waals surface area contributed by atoms with Crippen LogP contribution in [0.15, 0.2) is 109 Å². The van der Waals surface area contributed by atoms with Crippen molar-refractivity contribution in [1.29, 1.82) is 0 Å². The molecule has 5 nitrogen and oxygen atoms in total. The number of nitrogens with zero attached hydrogens (tertiary/aromatic N) is 4. The summed E-state index contributed by atoms with van der Waals surface area (Å²) in [5, 5.41) is 2.38. The molecule has 2 atom stereocenters. The summed E-state index contributed by atoms with van der Waals surface area (Å²) in [4.78, 5) is 4.66. The maximum atomic E-state index is 6.55. The second kappa shape index (κ2) is 8.29. The van der Waals surface area contributed by atoms with E-state index in [2.05, 4.69) is 123 Å². The molecule has 3 aliphatic heterocycles. The van der Waals surface area contributed by atoms with E-state index in [1.54, 1.807) is 0 Å². The molecule has 5 heteroatoms. The number of rotatable bonds is 4. The van der Waals surface area contributed by atoms with Crippen molar-refractivity contribution < 1.29 is 4.74 Å². The average Bonchev–Trinajstić information content (AvgIpc) is 3.52. The van der Waals surface area contributed by atoms with Crippen LogP contribution in [0.25, 0.3) is 27.6 Å². The van der Waals surface area contributed by atoms with Gasteiger partial charge in [0.2, 0.25) is 0 Å². The van der Waals surface area contributed by atoms with E-state index < -0.39 is 0 Å². The van der Waals surface area contributed by atoms with Gasteiger partial charge in [-0.25, -0.2) is 4.98 Å². The van der Waals surface area contributed by atoms with Gasteiger partial charge in [-0.3, -0.25) is 9.05 Å². The molecule has 0 saturated carbocycles. The minimum absolute atomic E-state index is 0.125. The SMILES string of the molecule is CC(C)(C)c1ccc2c(c1)[N@@+]1(C)[CH-][N@+]2(c2cccc(Oc3ccc4c5ccccc5n(-c5ccccn5)c4c3)c2)C1. The van der Waals surface area contributed by atoms with Gasteiger partial charge in [-0.1, -0.05) is 57.2 Å². The smallest absolute Gasteiger partial charge is 0.181 e. The fraction of sp³-hybridized carbons (Fsp3) is 0.167. The van der Waals surface area contributed by atoms with Crippen LogP contribution in [-0.4, -0.2) is 23.3 Å². The first-order valence-electron chi connectivity index (χ1n) is 14.2. The van der Waals surface area contributed by atoms with E-state index in [-0.39, 0.29) is 5.41 Å². The molecule has 0 aliphatic carbocycles. The Labute approximate surface area is 240 Å².